The van der Waals surface area contributed by atoms with Crippen LogP contribution in [0.4, 0.5) is 11.4 Å². The third kappa shape index (κ3) is 13.2. The first-order valence-corrected chi connectivity index (χ1v) is 23.7. The molecular formula is C50H56Cl2N10O6. The Morgan fingerprint density at radius 2 is 0.956 bits per heavy atom. The summed E-state index contributed by atoms with van der Waals surface area (Å²) in [5.41, 5.74) is 6.56. The van der Waals surface area contributed by atoms with Gasteiger partial charge in [-0.05, 0) is 111 Å². The van der Waals surface area contributed by atoms with E-state index in [1.165, 1.54) is 25.7 Å². The third-order valence-electron chi connectivity index (χ3n) is 12.3. The predicted octanol–water partition coefficient (Wildman–Crippen LogP) is 9.55. The highest BCUT2D eigenvalue weighted by molar-refractivity contribution is 6.31. The Morgan fingerprint density at radius 1 is 0.588 bits per heavy atom. The molecule has 0 saturated heterocycles. The van der Waals surface area contributed by atoms with Gasteiger partial charge >= 0.3 is 11.9 Å². The molecular weight excluding hydrogens is 908 g/mol. The molecule has 0 spiro atoms. The lowest BCUT2D eigenvalue weighted by atomic mass is 9.91. The predicted molar refractivity (Wildman–Crippen MR) is 261 cm³/mol. The van der Waals surface area contributed by atoms with E-state index in [9.17, 15) is 19.2 Å². The van der Waals surface area contributed by atoms with Gasteiger partial charge in [-0.2, -0.15) is 10.2 Å². The summed E-state index contributed by atoms with van der Waals surface area (Å²) in [5.74, 6) is -0.0596. The average molecular weight is 964 g/mol. The zero-order valence-corrected chi connectivity index (χ0v) is 39.5. The number of nitrogens with zero attached hydrogens (tertiary/aromatic N) is 6. The van der Waals surface area contributed by atoms with Crippen molar-refractivity contribution >= 4 is 58.3 Å². The Hall–Kier alpha value is -6.78. The summed E-state index contributed by atoms with van der Waals surface area (Å²) < 4.78 is 3.33. The largest absolute Gasteiger partial charge is 0.481 e. The van der Waals surface area contributed by atoms with Gasteiger partial charge in [0.1, 0.15) is 0 Å². The summed E-state index contributed by atoms with van der Waals surface area (Å²) in [6, 6.07) is 23.0. The van der Waals surface area contributed by atoms with Crippen molar-refractivity contribution in [2.45, 2.75) is 90.1 Å². The van der Waals surface area contributed by atoms with Gasteiger partial charge in [0.25, 0.3) is 11.8 Å². The molecule has 0 radical (unpaired) electrons. The highest BCUT2D eigenvalue weighted by Crippen LogP contribution is 2.39. The molecule has 6 aromatic rings. The molecule has 6 N–H and O–H groups in total. The molecule has 4 heterocycles. The number of aliphatic carboxylic acids is 2. The molecule has 0 unspecified atom stereocenters. The van der Waals surface area contributed by atoms with E-state index in [0.29, 0.717) is 44.6 Å². The van der Waals surface area contributed by atoms with Crippen molar-refractivity contribution in [2.24, 2.45) is 11.8 Å². The van der Waals surface area contributed by atoms with Crippen LogP contribution >= 0.6 is 23.2 Å². The number of carbonyl (C=O) groups is 4. The monoisotopic (exact) mass is 962 g/mol. The molecule has 2 aliphatic carbocycles. The van der Waals surface area contributed by atoms with E-state index in [1.54, 1.807) is 58.4 Å². The molecule has 356 valence electrons. The number of anilines is 2. The van der Waals surface area contributed by atoms with E-state index in [4.69, 9.17) is 33.4 Å². The summed E-state index contributed by atoms with van der Waals surface area (Å²) in [7, 11) is 0. The van der Waals surface area contributed by atoms with Crippen molar-refractivity contribution in [1.29, 1.82) is 0 Å². The number of aryl methyl sites for hydroxylation is 2. The molecule has 2 atom stereocenters. The van der Waals surface area contributed by atoms with Gasteiger partial charge in [-0.1, -0.05) is 73.2 Å². The van der Waals surface area contributed by atoms with Gasteiger partial charge in [0.2, 0.25) is 0 Å². The lowest BCUT2D eigenvalue weighted by Gasteiger charge is -2.26. The lowest BCUT2D eigenvalue weighted by Crippen LogP contribution is -2.26. The zero-order chi connectivity index (χ0) is 48.2. The van der Waals surface area contributed by atoms with E-state index in [2.05, 4.69) is 41.4 Å². The maximum absolute atomic E-state index is 12.3. The van der Waals surface area contributed by atoms with Crippen molar-refractivity contribution in [3.05, 3.63) is 141 Å². The van der Waals surface area contributed by atoms with Crippen LogP contribution in [0.3, 0.4) is 0 Å². The molecule has 4 aromatic heterocycles. The molecule has 2 saturated carbocycles. The number of pyridine rings is 2. The van der Waals surface area contributed by atoms with E-state index >= 15 is 0 Å². The van der Waals surface area contributed by atoms with Gasteiger partial charge in [0, 0.05) is 24.2 Å². The molecule has 16 nitrogen and oxygen atoms in total. The van der Waals surface area contributed by atoms with E-state index in [-0.39, 0.29) is 49.8 Å². The topological polar surface area (TPSA) is 218 Å². The maximum Gasteiger partial charge on any atom is 0.305 e. The standard InChI is InChI=1S/2C25H28ClN5O3/c2*1-16-21(26)15-31(30-16)22-11-10-20(14-28-22)29-24(17-4-2-3-5-17)18-6-8-19(9-7-18)25(34)27-13-12-23(32)33/h2*6-11,14-15,17,24,29H,2-5,12-13H2,1H3,(H,27,34)(H,32,33)/t2*24-/m10/s1. The Bertz CT molecular complexity index is 2420. The molecule has 0 aliphatic heterocycles. The van der Waals surface area contributed by atoms with Crippen molar-refractivity contribution < 1.29 is 29.4 Å². The second-order valence-corrected chi connectivity index (χ2v) is 18.0. The summed E-state index contributed by atoms with van der Waals surface area (Å²) in [6.07, 6.45) is 16.3. The number of carboxylic acids is 2. The maximum atomic E-state index is 12.3. The number of nitrogens with one attached hydrogen (secondary N) is 4. The highest BCUT2D eigenvalue weighted by atomic mass is 35.5. The number of aromatic nitrogens is 6. The van der Waals surface area contributed by atoms with Gasteiger partial charge in [-0.3, -0.25) is 19.2 Å². The fourth-order valence-electron chi connectivity index (χ4n) is 8.67. The van der Waals surface area contributed by atoms with Crippen LogP contribution in [0.15, 0.2) is 97.6 Å². The van der Waals surface area contributed by atoms with Crippen LogP contribution in [-0.4, -0.2) is 76.6 Å². The number of amides is 2. The number of hydrogen-bond donors (Lipinski definition) is 6. The highest BCUT2D eigenvalue weighted by Gasteiger charge is 2.28. The smallest absolute Gasteiger partial charge is 0.305 e. The van der Waals surface area contributed by atoms with Crippen LogP contribution in [0, 0.1) is 25.7 Å². The van der Waals surface area contributed by atoms with E-state index in [1.807, 2.05) is 62.4 Å². The Morgan fingerprint density at radius 3 is 1.25 bits per heavy atom. The molecule has 0 bridgehead atoms. The summed E-state index contributed by atoms with van der Waals surface area (Å²) in [6.45, 7) is 3.92. The minimum absolute atomic E-state index is 0.0978. The van der Waals surface area contributed by atoms with E-state index < -0.39 is 11.9 Å². The molecule has 68 heavy (non-hydrogen) atoms. The Kier molecular flexibility index (Phi) is 16.8. The first-order valence-electron chi connectivity index (χ1n) is 22.9. The third-order valence-corrected chi connectivity index (χ3v) is 13.1. The van der Waals surface area contributed by atoms with Crippen LogP contribution in [0.25, 0.3) is 11.6 Å². The quantitative estimate of drug-likeness (QED) is 0.0475. The summed E-state index contributed by atoms with van der Waals surface area (Å²) in [5, 5.41) is 40.0. The summed E-state index contributed by atoms with van der Waals surface area (Å²) in [4.78, 5) is 54.9. The van der Waals surface area contributed by atoms with Crippen LogP contribution < -0.4 is 21.3 Å². The van der Waals surface area contributed by atoms with Crippen LogP contribution in [-0.2, 0) is 9.59 Å². The fraction of sp³-hybridized carbons (Fsp3) is 0.360. The lowest BCUT2D eigenvalue weighted by molar-refractivity contribution is -0.137. The number of benzene rings is 2. The van der Waals surface area contributed by atoms with E-state index in [0.717, 1.165) is 59.6 Å². The molecule has 2 aromatic carbocycles. The second kappa shape index (κ2) is 23.3. The minimum Gasteiger partial charge on any atom is -0.481 e. The molecule has 2 aliphatic rings. The number of halogens is 2. The number of carbonyl (C=O) groups excluding carboxylic acids is 2. The van der Waals surface area contributed by atoms with Gasteiger partial charge in [0.05, 0.1) is 82.5 Å². The minimum atomic E-state index is -0.938. The van der Waals surface area contributed by atoms with Gasteiger partial charge in [-0.15, -0.1) is 0 Å². The Labute approximate surface area is 404 Å². The molecule has 2 amide bonds. The second-order valence-electron chi connectivity index (χ2n) is 17.2. The van der Waals surface area contributed by atoms with Gasteiger partial charge in [-0.25, -0.2) is 19.3 Å². The van der Waals surface area contributed by atoms with Crippen molar-refractivity contribution in [1.82, 2.24) is 40.2 Å². The van der Waals surface area contributed by atoms with Crippen molar-refractivity contribution in [2.75, 3.05) is 23.7 Å². The molecule has 2 fully saturated rings. The van der Waals surface area contributed by atoms with Crippen molar-refractivity contribution in [3.63, 3.8) is 0 Å². The zero-order valence-electron chi connectivity index (χ0n) is 38.0. The number of rotatable bonds is 18. The average Bonchev–Trinajstić information content (AvgIpc) is 4.18. The van der Waals surface area contributed by atoms with Crippen LogP contribution in [0.5, 0.6) is 0 Å². The SMILES string of the molecule is Cc1nn(-c2ccc(N[C@@H](c3ccc(C(=O)NCCC(=O)O)cc3)C3CCCC3)cn2)cc1Cl.Cc1nn(-c2ccc(N[C@H](c3ccc(C(=O)NCCC(=O)O)cc3)C3CCCC3)cn2)cc1Cl. The first-order chi connectivity index (χ1) is 32.8. The number of hydrogen-bond acceptors (Lipinski definition) is 10. The van der Waals surface area contributed by atoms with Crippen LogP contribution in [0.2, 0.25) is 10.0 Å². The van der Waals surface area contributed by atoms with Crippen molar-refractivity contribution in [3.8, 4) is 11.6 Å². The first kappa shape index (κ1) is 49.1. The van der Waals surface area contributed by atoms with Crippen LogP contribution in [0.1, 0.15) is 120 Å². The fourth-order valence-corrected chi connectivity index (χ4v) is 8.93. The molecule has 18 heteroatoms. The number of carboxylic acid groups (broad SMARTS) is 2. The van der Waals surface area contributed by atoms with Gasteiger partial charge in [0.15, 0.2) is 11.6 Å². The van der Waals surface area contributed by atoms with Gasteiger partial charge < -0.3 is 31.5 Å². The Balaban J connectivity index is 0.000000201. The normalized spacial score (nSPS) is 14.6. The summed E-state index contributed by atoms with van der Waals surface area (Å²) >= 11 is 12.2. The molecule has 8 rings (SSSR count).